The molecule has 0 radical (unpaired) electrons. The fraction of sp³-hybridized carbons (Fsp3) is 0.500. The lowest BCUT2D eigenvalue weighted by atomic mass is 9.81. The van der Waals surface area contributed by atoms with Crippen molar-refractivity contribution in [2.24, 2.45) is 5.92 Å². The summed E-state index contributed by atoms with van der Waals surface area (Å²) >= 11 is 0. The van der Waals surface area contributed by atoms with E-state index < -0.39 is 0 Å². The van der Waals surface area contributed by atoms with E-state index in [-0.39, 0.29) is 5.91 Å². The van der Waals surface area contributed by atoms with E-state index in [1.165, 1.54) is 11.1 Å². The van der Waals surface area contributed by atoms with E-state index in [2.05, 4.69) is 52.0 Å². The Kier molecular flexibility index (Phi) is 5.42. The van der Waals surface area contributed by atoms with Gasteiger partial charge in [-0.05, 0) is 45.1 Å². The second-order valence-corrected chi connectivity index (χ2v) is 8.14. The molecule has 2 saturated heterocycles. The number of amides is 1. The Hall–Kier alpha value is -2.31. The molecule has 3 heterocycles. The topological polar surface area (TPSA) is 70.2 Å². The molecule has 2 aliphatic heterocycles. The molecule has 1 aromatic carbocycles. The lowest BCUT2D eigenvalue weighted by Gasteiger charge is -2.37. The van der Waals surface area contributed by atoms with Gasteiger partial charge in [-0.3, -0.25) is 15.6 Å². The zero-order chi connectivity index (χ0) is 19.7. The molecule has 2 N–H and O–H groups in total. The summed E-state index contributed by atoms with van der Waals surface area (Å²) in [6.07, 6.45) is 3.84. The van der Waals surface area contributed by atoms with Crippen LogP contribution in [-0.2, 0) is 0 Å². The average molecular weight is 380 g/mol. The zero-order valence-electron chi connectivity index (χ0n) is 16.9. The molecular weight excluding hydrogens is 350 g/mol. The van der Waals surface area contributed by atoms with Gasteiger partial charge < -0.3 is 4.90 Å². The Morgan fingerprint density at radius 3 is 2.71 bits per heavy atom. The third-order valence-electron chi connectivity index (χ3n) is 6.11. The molecule has 3 unspecified atom stereocenters. The monoisotopic (exact) mass is 379 g/mol. The van der Waals surface area contributed by atoms with Gasteiger partial charge in [-0.1, -0.05) is 29.8 Å². The minimum atomic E-state index is 0.0556. The van der Waals surface area contributed by atoms with Crippen LogP contribution in [-0.4, -0.2) is 46.5 Å². The van der Waals surface area contributed by atoms with Crippen molar-refractivity contribution in [1.82, 2.24) is 25.7 Å². The number of hydrazine groups is 1. The second-order valence-electron chi connectivity index (χ2n) is 8.14. The maximum Gasteiger partial charge on any atom is 0.257 e. The van der Waals surface area contributed by atoms with E-state index in [1.807, 2.05) is 18.7 Å². The summed E-state index contributed by atoms with van der Waals surface area (Å²) in [5.41, 5.74) is 10.9. The van der Waals surface area contributed by atoms with E-state index in [1.54, 1.807) is 6.20 Å². The van der Waals surface area contributed by atoms with Crippen molar-refractivity contribution in [1.29, 1.82) is 0 Å². The first-order valence-corrected chi connectivity index (χ1v) is 10.2. The summed E-state index contributed by atoms with van der Waals surface area (Å²) in [6, 6.07) is 9.16. The van der Waals surface area contributed by atoms with Crippen LogP contribution in [0.5, 0.6) is 0 Å². The summed E-state index contributed by atoms with van der Waals surface area (Å²) < 4.78 is 0. The summed E-state index contributed by atoms with van der Waals surface area (Å²) in [7, 11) is 0. The molecule has 0 spiro atoms. The molecule has 28 heavy (non-hydrogen) atoms. The van der Waals surface area contributed by atoms with Crippen molar-refractivity contribution >= 4 is 5.91 Å². The lowest BCUT2D eigenvalue weighted by Crippen LogP contribution is -2.48. The zero-order valence-corrected chi connectivity index (χ0v) is 16.9. The molecule has 3 atom stereocenters. The van der Waals surface area contributed by atoms with Crippen molar-refractivity contribution in [3.8, 4) is 0 Å². The number of aromatic nitrogens is 2. The maximum atomic E-state index is 13.1. The Labute approximate surface area is 166 Å². The standard InChI is InChI=1S/C22H29N5O/c1-14-6-8-17(9-7-14)20-12-24-26-21(20)18-5-4-10-27(13-18)22(28)19-11-23-16(3)25-15(19)2/h6-9,11,18,20-21,24,26H,4-5,10,12-13H2,1-3H3. The van der Waals surface area contributed by atoms with Crippen molar-refractivity contribution in [3.05, 3.63) is 58.7 Å². The first kappa shape index (κ1) is 19.0. The highest BCUT2D eigenvalue weighted by Crippen LogP contribution is 2.32. The van der Waals surface area contributed by atoms with Gasteiger partial charge >= 0.3 is 0 Å². The highest BCUT2D eigenvalue weighted by molar-refractivity contribution is 5.95. The number of likely N-dealkylation sites (tertiary alicyclic amines) is 1. The molecule has 148 valence electrons. The van der Waals surface area contributed by atoms with Crippen LogP contribution in [0.1, 0.15) is 51.8 Å². The van der Waals surface area contributed by atoms with Crippen molar-refractivity contribution in [3.63, 3.8) is 0 Å². The molecule has 0 saturated carbocycles. The van der Waals surface area contributed by atoms with Crippen molar-refractivity contribution < 1.29 is 4.79 Å². The first-order valence-electron chi connectivity index (χ1n) is 10.2. The number of piperidine rings is 1. The fourth-order valence-corrected chi connectivity index (χ4v) is 4.55. The van der Waals surface area contributed by atoms with Gasteiger partial charge in [-0.15, -0.1) is 0 Å². The summed E-state index contributed by atoms with van der Waals surface area (Å²) in [5, 5.41) is 0. The molecule has 0 aliphatic carbocycles. The largest absolute Gasteiger partial charge is 0.338 e. The molecule has 6 nitrogen and oxygen atoms in total. The Morgan fingerprint density at radius 2 is 1.96 bits per heavy atom. The Balaban J connectivity index is 1.50. The maximum absolute atomic E-state index is 13.1. The molecular formula is C22H29N5O. The van der Waals surface area contributed by atoms with Crippen molar-refractivity contribution in [2.45, 2.75) is 45.6 Å². The van der Waals surface area contributed by atoms with Crippen LogP contribution in [0.2, 0.25) is 0 Å². The van der Waals surface area contributed by atoms with Crippen LogP contribution in [0, 0.1) is 26.7 Å². The normalized spacial score (nSPS) is 25.1. The van der Waals surface area contributed by atoms with E-state index in [4.69, 9.17) is 0 Å². The van der Waals surface area contributed by atoms with Gasteiger partial charge in [0, 0.05) is 37.8 Å². The van der Waals surface area contributed by atoms with E-state index in [0.717, 1.165) is 38.2 Å². The Bertz CT molecular complexity index is 851. The molecule has 1 aromatic heterocycles. The number of nitrogens with zero attached hydrogens (tertiary/aromatic N) is 3. The SMILES string of the molecule is Cc1ccc(C2CNNC2C2CCCN(C(=O)c3cnc(C)nc3C)C2)cc1. The van der Waals surface area contributed by atoms with Gasteiger partial charge in [0.05, 0.1) is 11.3 Å². The predicted octanol–water partition coefficient (Wildman–Crippen LogP) is 2.51. The van der Waals surface area contributed by atoms with Gasteiger partial charge in [0.2, 0.25) is 0 Å². The van der Waals surface area contributed by atoms with Gasteiger partial charge in [0.1, 0.15) is 5.82 Å². The number of carbonyl (C=O) groups excluding carboxylic acids is 1. The molecule has 0 bridgehead atoms. The third kappa shape index (κ3) is 3.80. The van der Waals surface area contributed by atoms with Gasteiger partial charge in [0.15, 0.2) is 0 Å². The highest BCUT2D eigenvalue weighted by atomic mass is 16.2. The Morgan fingerprint density at radius 1 is 1.18 bits per heavy atom. The highest BCUT2D eigenvalue weighted by Gasteiger charge is 2.37. The number of nitrogens with one attached hydrogen (secondary N) is 2. The van der Waals surface area contributed by atoms with E-state index in [0.29, 0.717) is 29.3 Å². The van der Waals surface area contributed by atoms with Crippen LogP contribution in [0.25, 0.3) is 0 Å². The molecule has 2 aromatic rings. The molecule has 4 rings (SSSR count). The molecule has 1 amide bonds. The number of rotatable bonds is 3. The minimum Gasteiger partial charge on any atom is -0.338 e. The minimum absolute atomic E-state index is 0.0556. The van der Waals surface area contributed by atoms with Crippen LogP contribution in [0.15, 0.2) is 30.5 Å². The van der Waals surface area contributed by atoms with Gasteiger partial charge in [-0.2, -0.15) is 0 Å². The predicted molar refractivity (Wildman–Crippen MR) is 109 cm³/mol. The third-order valence-corrected chi connectivity index (χ3v) is 6.11. The lowest BCUT2D eigenvalue weighted by molar-refractivity contribution is 0.0642. The summed E-state index contributed by atoms with van der Waals surface area (Å²) in [5.74, 6) is 1.60. The summed E-state index contributed by atoms with van der Waals surface area (Å²) in [6.45, 7) is 8.35. The van der Waals surface area contributed by atoms with Crippen molar-refractivity contribution in [2.75, 3.05) is 19.6 Å². The van der Waals surface area contributed by atoms with E-state index in [9.17, 15) is 4.79 Å². The van der Waals surface area contributed by atoms with Gasteiger partial charge in [0.25, 0.3) is 5.91 Å². The van der Waals surface area contributed by atoms with E-state index >= 15 is 0 Å². The number of hydrogen-bond donors (Lipinski definition) is 2. The number of benzene rings is 1. The van der Waals surface area contributed by atoms with Gasteiger partial charge in [-0.25, -0.2) is 9.97 Å². The average Bonchev–Trinajstić information content (AvgIpc) is 3.18. The second kappa shape index (κ2) is 7.97. The van der Waals surface area contributed by atoms with Crippen LogP contribution < -0.4 is 10.9 Å². The molecule has 6 heteroatoms. The van der Waals surface area contributed by atoms with Crippen LogP contribution >= 0.6 is 0 Å². The van der Waals surface area contributed by atoms with Crippen LogP contribution in [0.3, 0.4) is 0 Å². The number of carbonyl (C=O) groups is 1. The molecule has 2 aliphatic rings. The van der Waals surface area contributed by atoms with Crippen LogP contribution in [0.4, 0.5) is 0 Å². The molecule has 2 fully saturated rings. The summed E-state index contributed by atoms with van der Waals surface area (Å²) in [4.78, 5) is 23.7. The quantitative estimate of drug-likeness (QED) is 0.858. The number of hydrogen-bond acceptors (Lipinski definition) is 5. The number of aryl methyl sites for hydroxylation is 3. The fourth-order valence-electron chi connectivity index (χ4n) is 4.55. The smallest absolute Gasteiger partial charge is 0.257 e. The first-order chi connectivity index (χ1) is 13.5.